The molecule has 2 aliphatic rings. The van der Waals surface area contributed by atoms with E-state index in [1.54, 1.807) is 24.3 Å². The van der Waals surface area contributed by atoms with Crippen LogP contribution in [0.5, 0.6) is 0 Å². The van der Waals surface area contributed by atoms with Crippen molar-refractivity contribution in [1.29, 1.82) is 0 Å². The number of amides is 3. The van der Waals surface area contributed by atoms with Crippen LogP contribution in [0.3, 0.4) is 0 Å². The molecule has 3 amide bonds. The number of carbonyl (C=O) groups is 3. The van der Waals surface area contributed by atoms with Crippen molar-refractivity contribution in [2.45, 2.75) is 88.8 Å². The second-order valence-electron chi connectivity index (χ2n) is 12.6. The van der Waals surface area contributed by atoms with Gasteiger partial charge in [0.1, 0.15) is 11.9 Å². The Kier molecular flexibility index (Phi) is 11.6. The molecule has 10 heteroatoms. The Morgan fingerprint density at radius 3 is 2.11 bits per heavy atom. The second-order valence-corrected chi connectivity index (χ2v) is 12.6. The number of unbranched alkanes of at least 4 members (excludes halogenated alkanes) is 1. The number of nitrogens with zero attached hydrogens (tertiary/aromatic N) is 3. The molecule has 46 heavy (non-hydrogen) atoms. The van der Waals surface area contributed by atoms with Crippen molar-refractivity contribution in [3.63, 3.8) is 0 Å². The minimum Gasteiger partial charge on any atom is -0.362 e. The first-order valence-electron chi connectivity index (χ1n) is 16.7. The van der Waals surface area contributed by atoms with Gasteiger partial charge >= 0.3 is 0 Å². The van der Waals surface area contributed by atoms with E-state index in [1.807, 2.05) is 50.5 Å². The van der Waals surface area contributed by atoms with Crippen LogP contribution in [0, 0.1) is 0 Å². The molecule has 0 spiro atoms. The molecule has 3 aromatic rings. The third kappa shape index (κ3) is 9.05. The van der Waals surface area contributed by atoms with Gasteiger partial charge in [-0.05, 0) is 94.9 Å². The Morgan fingerprint density at radius 1 is 0.804 bits per heavy atom. The maximum absolute atomic E-state index is 13.5. The number of aromatic nitrogens is 2. The van der Waals surface area contributed by atoms with E-state index in [1.165, 1.54) is 18.4 Å². The Bertz CT molecular complexity index is 1460. The molecule has 2 aromatic carbocycles. The number of carbonyl (C=O) groups excluding carboxylic acids is 3. The molecule has 1 aromatic heterocycles. The predicted molar refractivity (Wildman–Crippen MR) is 181 cm³/mol. The van der Waals surface area contributed by atoms with Gasteiger partial charge in [-0.3, -0.25) is 14.4 Å². The molecule has 1 atom stereocenters. The maximum Gasteiger partial charge on any atom is 0.251 e. The SMILES string of the molecule is CN(C)c1nc(N[C@H]2CC[C@@H](NC(=O)[C@H](CCCCNC(=O)c3ccccc3)NC(=O)c3ccccc3)CC2)nc2c1CCCC2. The topological polar surface area (TPSA) is 128 Å². The van der Waals surface area contributed by atoms with E-state index in [0.717, 1.165) is 50.0 Å². The van der Waals surface area contributed by atoms with Crippen LogP contribution in [-0.2, 0) is 17.6 Å². The summed E-state index contributed by atoms with van der Waals surface area (Å²) < 4.78 is 0. The van der Waals surface area contributed by atoms with Crippen LogP contribution in [0.25, 0.3) is 0 Å². The lowest BCUT2D eigenvalue weighted by atomic mass is 9.91. The van der Waals surface area contributed by atoms with Crippen LogP contribution in [0.4, 0.5) is 11.8 Å². The van der Waals surface area contributed by atoms with Gasteiger partial charge in [-0.2, -0.15) is 4.98 Å². The highest BCUT2D eigenvalue weighted by Crippen LogP contribution is 2.29. The van der Waals surface area contributed by atoms with E-state index in [2.05, 4.69) is 26.2 Å². The summed E-state index contributed by atoms with van der Waals surface area (Å²) >= 11 is 0. The molecule has 244 valence electrons. The lowest BCUT2D eigenvalue weighted by Crippen LogP contribution is -2.50. The van der Waals surface area contributed by atoms with Gasteiger partial charge < -0.3 is 26.2 Å². The number of nitrogens with one attached hydrogen (secondary N) is 4. The van der Waals surface area contributed by atoms with E-state index in [-0.39, 0.29) is 29.8 Å². The summed E-state index contributed by atoms with van der Waals surface area (Å²) in [6, 6.07) is 17.7. The summed E-state index contributed by atoms with van der Waals surface area (Å²) in [4.78, 5) is 50.7. The van der Waals surface area contributed by atoms with Gasteiger partial charge in [0.2, 0.25) is 11.9 Å². The zero-order valence-corrected chi connectivity index (χ0v) is 27.1. The number of hydrogen-bond acceptors (Lipinski definition) is 7. The number of hydrogen-bond donors (Lipinski definition) is 4. The average molecular weight is 626 g/mol. The van der Waals surface area contributed by atoms with Crippen molar-refractivity contribution in [3.8, 4) is 0 Å². The molecular formula is C36H47N7O3. The molecule has 1 heterocycles. The number of aryl methyl sites for hydroxylation is 1. The summed E-state index contributed by atoms with van der Waals surface area (Å²) in [6.07, 6.45) is 9.68. The summed E-state index contributed by atoms with van der Waals surface area (Å²) in [7, 11) is 4.07. The monoisotopic (exact) mass is 625 g/mol. The molecule has 5 rings (SSSR count). The van der Waals surface area contributed by atoms with Crippen molar-refractivity contribution < 1.29 is 14.4 Å². The van der Waals surface area contributed by atoms with Crippen LogP contribution in [-0.4, -0.2) is 66.5 Å². The standard InChI is InChI=1S/C36H47N7O3/c1-43(2)32-29-17-9-10-18-30(29)41-36(42-32)39-28-22-20-27(21-23-28)38-35(46)31(40-34(45)26-15-7-4-8-16-26)19-11-12-24-37-33(44)25-13-5-3-6-14-25/h3-8,13-16,27-28,31H,9-12,17-24H2,1-2H3,(H,37,44)(H,38,46)(H,40,45)(H,39,41,42)/t27-,28+,31-/m0/s1. The molecule has 1 saturated carbocycles. The molecular weight excluding hydrogens is 578 g/mol. The fraction of sp³-hybridized carbons (Fsp3) is 0.472. The third-order valence-corrected chi connectivity index (χ3v) is 8.89. The van der Waals surface area contributed by atoms with Crippen LogP contribution < -0.4 is 26.2 Å². The first-order chi connectivity index (χ1) is 22.4. The molecule has 10 nitrogen and oxygen atoms in total. The summed E-state index contributed by atoms with van der Waals surface area (Å²) in [5.41, 5.74) is 3.58. The van der Waals surface area contributed by atoms with Crippen LogP contribution in [0.2, 0.25) is 0 Å². The van der Waals surface area contributed by atoms with Gasteiger partial charge in [0.05, 0.1) is 5.69 Å². The minimum absolute atomic E-state index is 0.0358. The molecule has 0 bridgehead atoms. The van der Waals surface area contributed by atoms with E-state index < -0.39 is 6.04 Å². The highest BCUT2D eigenvalue weighted by Gasteiger charge is 2.28. The molecule has 0 unspecified atom stereocenters. The normalized spacial score (nSPS) is 18.0. The fourth-order valence-corrected chi connectivity index (χ4v) is 6.34. The summed E-state index contributed by atoms with van der Waals surface area (Å²) in [5, 5.41) is 12.7. The Labute approximate surface area is 272 Å². The Hall–Kier alpha value is -4.47. The second kappa shape index (κ2) is 16.2. The third-order valence-electron chi connectivity index (χ3n) is 8.89. The van der Waals surface area contributed by atoms with Gasteiger partial charge in [-0.15, -0.1) is 0 Å². The first-order valence-corrected chi connectivity index (χ1v) is 16.7. The lowest BCUT2D eigenvalue weighted by molar-refractivity contribution is -0.124. The van der Waals surface area contributed by atoms with E-state index in [4.69, 9.17) is 9.97 Å². The van der Waals surface area contributed by atoms with E-state index >= 15 is 0 Å². The lowest BCUT2D eigenvalue weighted by Gasteiger charge is -2.31. The van der Waals surface area contributed by atoms with Gasteiger partial charge in [0, 0.05) is 49.4 Å². The molecule has 4 N–H and O–H groups in total. The van der Waals surface area contributed by atoms with E-state index in [9.17, 15) is 14.4 Å². The predicted octanol–water partition coefficient (Wildman–Crippen LogP) is 4.66. The van der Waals surface area contributed by atoms with Gasteiger partial charge in [-0.25, -0.2) is 4.98 Å². The van der Waals surface area contributed by atoms with Crippen molar-refractivity contribution in [2.24, 2.45) is 0 Å². The zero-order chi connectivity index (χ0) is 32.3. The van der Waals surface area contributed by atoms with Gasteiger partial charge in [0.15, 0.2) is 0 Å². The maximum atomic E-state index is 13.5. The molecule has 2 aliphatic carbocycles. The first kappa shape index (κ1) is 32.9. The highest BCUT2D eigenvalue weighted by atomic mass is 16.2. The van der Waals surface area contributed by atoms with Gasteiger partial charge in [0.25, 0.3) is 11.8 Å². The zero-order valence-electron chi connectivity index (χ0n) is 27.1. The molecule has 0 aliphatic heterocycles. The summed E-state index contributed by atoms with van der Waals surface area (Å²) in [6.45, 7) is 0.496. The minimum atomic E-state index is -0.665. The van der Waals surface area contributed by atoms with E-state index in [0.29, 0.717) is 42.9 Å². The Morgan fingerprint density at radius 2 is 1.43 bits per heavy atom. The fourth-order valence-electron chi connectivity index (χ4n) is 6.34. The van der Waals surface area contributed by atoms with Crippen LogP contribution in [0.1, 0.15) is 89.8 Å². The smallest absolute Gasteiger partial charge is 0.251 e. The van der Waals surface area contributed by atoms with Crippen molar-refractivity contribution in [3.05, 3.63) is 83.0 Å². The Balaban J connectivity index is 1.12. The van der Waals surface area contributed by atoms with Gasteiger partial charge in [-0.1, -0.05) is 36.4 Å². The largest absolute Gasteiger partial charge is 0.362 e. The molecule has 0 radical (unpaired) electrons. The van der Waals surface area contributed by atoms with Crippen LogP contribution >= 0.6 is 0 Å². The van der Waals surface area contributed by atoms with Crippen molar-refractivity contribution in [1.82, 2.24) is 25.9 Å². The number of rotatable bonds is 13. The number of benzene rings is 2. The highest BCUT2D eigenvalue weighted by molar-refractivity contribution is 5.97. The summed E-state index contributed by atoms with van der Waals surface area (Å²) in [5.74, 6) is 1.15. The molecule has 1 fully saturated rings. The quantitative estimate of drug-likeness (QED) is 0.204. The average Bonchev–Trinajstić information content (AvgIpc) is 3.08. The number of fused-ring (bicyclic) bond motifs is 1. The van der Waals surface area contributed by atoms with Crippen LogP contribution in [0.15, 0.2) is 60.7 Å². The molecule has 0 saturated heterocycles. The van der Waals surface area contributed by atoms with Crippen molar-refractivity contribution in [2.75, 3.05) is 30.9 Å². The number of anilines is 2. The van der Waals surface area contributed by atoms with Crippen molar-refractivity contribution >= 4 is 29.5 Å².